The number of aryl methyl sites for hydroxylation is 1. The molecule has 0 saturated carbocycles. The van der Waals surface area contributed by atoms with E-state index in [1.54, 1.807) is 25.3 Å². The van der Waals surface area contributed by atoms with E-state index in [4.69, 9.17) is 10.5 Å². The standard InChI is InChI=1S/C22H23F2N7O2/c1-14-28-20(30-6-2-5-22(23,24)13-30)8-21(29-14)33-19-7-15(9-25)3-4-17(19)31-12-16(11-27-31)18(32)10-26/h3-4,7-8,11-12,18,32H,2,5-6,10,13,26H2,1H3/t18-/m0/s1. The normalized spacial score (nSPS) is 16.3. The van der Waals surface area contributed by atoms with Crippen LogP contribution in [0.5, 0.6) is 11.6 Å². The lowest BCUT2D eigenvalue weighted by Gasteiger charge is -2.33. The van der Waals surface area contributed by atoms with E-state index in [-0.39, 0.29) is 24.6 Å². The van der Waals surface area contributed by atoms with Crippen LogP contribution in [0.4, 0.5) is 14.6 Å². The maximum absolute atomic E-state index is 13.9. The Morgan fingerprint density at radius 2 is 2.15 bits per heavy atom. The van der Waals surface area contributed by atoms with Crippen LogP contribution in [0.2, 0.25) is 0 Å². The third-order valence-corrected chi connectivity index (χ3v) is 5.28. The van der Waals surface area contributed by atoms with Crippen LogP contribution in [0.15, 0.2) is 36.7 Å². The number of hydrogen-bond acceptors (Lipinski definition) is 8. The lowest BCUT2D eigenvalue weighted by molar-refractivity contribution is -0.0118. The Morgan fingerprint density at radius 3 is 2.88 bits per heavy atom. The number of nitrogens with two attached hydrogens (primary N) is 1. The molecule has 3 heterocycles. The molecule has 0 unspecified atom stereocenters. The summed E-state index contributed by atoms with van der Waals surface area (Å²) in [5, 5.41) is 23.5. The third-order valence-electron chi connectivity index (χ3n) is 5.28. The number of anilines is 1. The summed E-state index contributed by atoms with van der Waals surface area (Å²) in [5.74, 6) is -1.64. The molecule has 1 aromatic carbocycles. The highest BCUT2D eigenvalue weighted by atomic mass is 19.3. The predicted octanol–water partition coefficient (Wildman–Crippen LogP) is 2.86. The third kappa shape index (κ3) is 5.08. The number of aliphatic hydroxyl groups excluding tert-OH is 1. The molecule has 0 spiro atoms. The quantitative estimate of drug-likeness (QED) is 0.581. The van der Waals surface area contributed by atoms with Gasteiger partial charge in [-0.1, -0.05) is 0 Å². The summed E-state index contributed by atoms with van der Waals surface area (Å²) in [7, 11) is 0. The number of nitrogens with zero attached hydrogens (tertiary/aromatic N) is 6. The van der Waals surface area contributed by atoms with Gasteiger partial charge in [0.05, 0.1) is 30.5 Å². The zero-order valence-electron chi connectivity index (χ0n) is 17.9. The van der Waals surface area contributed by atoms with Gasteiger partial charge in [0.15, 0.2) is 5.75 Å². The van der Waals surface area contributed by atoms with Gasteiger partial charge in [-0.05, 0) is 25.5 Å². The highest BCUT2D eigenvalue weighted by Gasteiger charge is 2.36. The number of alkyl halides is 2. The Morgan fingerprint density at radius 1 is 1.33 bits per heavy atom. The van der Waals surface area contributed by atoms with Gasteiger partial charge in [-0.15, -0.1) is 0 Å². The first-order chi connectivity index (χ1) is 15.8. The first-order valence-electron chi connectivity index (χ1n) is 10.4. The van der Waals surface area contributed by atoms with Crippen LogP contribution in [-0.4, -0.2) is 50.4 Å². The highest BCUT2D eigenvalue weighted by Crippen LogP contribution is 2.33. The van der Waals surface area contributed by atoms with E-state index < -0.39 is 18.6 Å². The van der Waals surface area contributed by atoms with Crippen molar-refractivity contribution in [3.05, 3.63) is 53.6 Å². The molecule has 1 aliphatic rings. The molecule has 9 nitrogen and oxygen atoms in total. The molecule has 11 heteroatoms. The summed E-state index contributed by atoms with van der Waals surface area (Å²) in [6.07, 6.45) is 2.44. The molecule has 3 aromatic rings. The molecule has 0 amide bonds. The van der Waals surface area contributed by atoms with Crippen LogP contribution in [-0.2, 0) is 0 Å². The van der Waals surface area contributed by atoms with Crippen molar-refractivity contribution >= 4 is 5.82 Å². The number of nitriles is 1. The van der Waals surface area contributed by atoms with Crippen molar-refractivity contribution in [3.8, 4) is 23.4 Å². The number of ether oxygens (including phenoxy) is 1. The molecule has 4 rings (SSSR count). The molecule has 0 aliphatic carbocycles. The molecule has 33 heavy (non-hydrogen) atoms. The average molecular weight is 455 g/mol. The van der Waals surface area contributed by atoms with Gasteiger partial charge in [-0.3, -0.25) is 0 Å². The van der Waals surface area contributed by atoms with Crippen molar-refractivity contribution in [1.82, 2.24) is 19.7 Å². The number of rotatable bonds is 6. The fraction of sp³-hybridized carbons (Fsp3) is 0.364. The maximum Gasteiger partial charge on any atom is 0.265 e. The summed E-state index contributed by atoms with van der Waals surface area (Å²) in [6, 6.07) is 8.35. The molecule has 0 bridgehead atoms. The molecular weight excluding hydrogens is 432 g/mol. The maximum atomic E-state index is 13.9. The van der Waals surface area contributed by atoms with E-state index in [1.807, 2.05) is 0 Å². The molecular formula is C22H23F2N7O2. The Balaban J connectivity index is 1.68. The van der Waals surface area contributed by atoms with Crippen LogP contribution in [0, 0.1) is 18.3 Å². The Kier molecular flexibility index (Phi) is 6.22. The van der Waals surface area contributed by atoms with E-state index in [1.165, 1.54) is 27.9 Å². The second-order valence-electron chi connectivity index (χ2n) is 7.86. The largest absolute Gasteiger partial charge is 0.437 e. The minimum atomic E-state index is -2.78. The highest BCUT2D eigenvalue weighted by molar-refractivity contribution is 5.53. The van der Waals surface area contributed by atoms with Crippen LogP contribution in [0.1, 0.15) is 35.9 Å². The van der Waals surface area contributed by atoms with Gasteiger partial charge in [0.1, 0.15) is 17.3 Å². The zero-order chi connectivity index (χ0) is 23.6. The average Bonchev–Trinajstić information content (AvgIpc) is 3.27. The fourth-order valence-corrected chi connectivity index (χ4v) is 3.64. The molecule has 3 N–H and O–H groups in total. The van der Waals surface area contributed by atoms with Gasteiger partial charge >= 0.3 is 0 Å². The van der Waals surface area contributed by atoms with E-state index >= 15 is 0 Å². The van der Waals surface area contributed by atoms with Crippen LogP contribution in [0.3, 0.4) is 0 Å². The molecule has 2 aromatic heterocycles. The number of aromatic nitrogens is 4. The molecule has 0 radical (unpaired) electrons. The zero-order valence-corrected chi connectivity index (χ0v) is 17.9. The predicted molar refractivity (Wildman–Crippen MR) is 116 cm³/mol. The summed E-state index contributed by atoms with van der Waals surface area (Å²) < 4.78 is 35.3. The van der Waals surface area contributed by atoms with E-state index in [9.17, 15) is 19.1 Å². The lowest BCUT2D eigenvalue weighted by atomic mass is 10.1. The van der Waals surface area contributed by atoms with Crippen molar-refractivity contribution < 1.29 is 18.6 Å². The summed E-state index contributed by atoms with van der Waals surface area (Å²) in [6.45, 7) is 1.73. The van der Waals surface area contributed by atoms with E-state index in [2.05, 4.69) is 21.1 Å². The molecule has 1 atom stereocenters. The molecule has 1 fully saturated rings. The van der Waals surface area contributed by atoms with Gasteiger partial charge in [-0.2, -0.15) is 15.3 Å². The number of hydrogen-bond donors (Lipinski definition) is 2. The summed E-state index contributed by atoms with van der Waals surface area (Å²) >= 11 is 0. The second kappa shape index (κ2) is 9.09. The minimum absolute atomic E-state index is 0.0426. The van der Waals surface area contributed by atoms with Crippen molar-refractivity contribution in [1.29, 1.82) is 5.26 Å². The van der Waals surface area contributed by atoms with Gasteiger partial charge in [0.2, 0.25) is 5.88 Å². The first-order valence-corrected chi connectivity index (χ1v) is 10.4. The van der Waals surface area contributed by atoms with E-state index in [0.717, 1.165) is 0 Å². The Bertz CT molecular complexity index is 1190. The fourth-order valence-electron chi connectivity index (χ4n) is 3.64. The van der Waals surface area contributed by atoms with E-state index in [0.29, 0.717) is 41.4 Å². The monoisotopic (exact) mass is 455 g/mol. The van der Waals surface area contributed by atoms with Gasteiger partial charge in [0.25, 0.3) is 5.92 Å². The van der Waals surface area contributed by atoms with Crippen molar-refractivity contribution in [2.24, 2.45) is 5.73 Å². The second-order valence-corrected chi connectivity index (χ2v) is 7.86. The smallest absolute Gasteiger partial charge is 0.265 e. The molecule has 172 valence electrons. The summed E-state index contributed by atoms with van der Waals surface area (Å²) in [5.41, 5.74) is 6.89. The number of piperidine rings is 1. The van der Waals surface area contributed by atoms with Crippen LogP contribution < -0.4 is 15.4 Å². The Hall–Kier alpha value is -3.62. The van der Waals surface area contributed by atoms with Crippen molar-refractivity contribution in [2.45, 2.75) is 31.8 Å². The van der Waals surface area contributed by atoms with Crippen LogP contribution >= 0.6 is 0 Å². The molecule has 1 aliphatic heterocycles. The number of benzene rings is 1. The lowest BCUT2D eigenvalue weighted by Crippen LogP contribution is -2.43. The van der Waals surface area contributed by atoms with Gasteiger partial charge < -0.3 is 20.5 Å². The molecule has 1 saturated heterocycles. The number of aliphatic hydroxyl groups is 1. The first kappa shape index (κ1) is 22.6. The SMILES string of the molecule is Cc1nc(Oc2cc(C#N)ccc2-n2cc([C@@H](O)CN)cn2)cc(N2CCCC(F)(F)C2)n1. The van der Waals surface area contributed by atoms with Crippen molar-refractivity contribution in [2.75, 3.05) is 24.5 Å². The van der Waals surface area contributed by atoms with Crippen molar-refractivity contribution in [3.63, 3.8) is 0 Å². The van der Waals surface area contributed by atoms with Gasteiger partial charge in [-0.25, -0.2) is 18.4 Å². The topological polar surface area (TPSA) is 126 Å². The number of halogens is 2. The summed E-state index contributed by atoms with van der Waals surface area (Å²) in [4.78, 5) is 10.1. The Labute approximate surface area is 189 Å². The van der Waals surface area contributed by atoms with Crippen LogP contribution in [0.25, 0.3) is 5.69 Å². The van der Waals surface area contributed by atoms with Gasteiger partial charge in [0, 0.05) is 43.4 Å². The minimum Gasteiger partial charge on any atom is -0.437 e.